The number of benzene rings is 1. The van der Waals surface area contributed by atoms with Gasteiger partial charge in [-0.25, -0.2) is 4.39 Å². The van der Waals surface area contributed by atoms with Gasteiger partial charge in [-0.15, -0.1) is 0 Å². The second kappa shape index (κ2) is 5.87. The van der Waals surface area contributed by atoms with Gasteiger partial charge in [0.2, 0.25) is 0 Å². The molecule has 0 aliphatic carbocycles. The highest BCUT2D eigenvalue weighted by atomic mass is 79.9. The first-order valence-corrected chi connectivity index (χ1v) is 7.47. The van der Waals surface area contributed by atoms with Gasteiger partial charge >= 0.3 is 0 Å². The summed E-state index contributed by atoms with van der Waals surface area (Å²) in [4.78, 5) is 4.46. The lowest BCUT2D eigenvalue weighted by atomic mass is 10.2. The number of amidine groups is 1. The maximum absolute atomic E-state index is 13.0. The maximum atomic E-state index is 13.0. The molecule has 0 saturated carbocycles. The van der Waals surface area contributed by atoms with E-state index in [9.17, 15) is 4.39 Å². The van der Waals surface area contributed by atoms with Crippen molar-refractivity contribution in [3.63, 3.8) is 0 Å². The van der Waals surface area contributed by atoms with Gasteiger partial charge in [0.1, 0.15) is 5.82 Å². The van der Waals surface area contributed by atoms with Crippen LogP contribution < -0.4 is 5.32 Å². The van der Waals surface area contributed by atoms with Gasteiger partial charge in [-0.1, -0.05) is 39.8 Å². The average molecular weight is 317 g/mol. The van der Waals surface area contributed by atoms with E-state index in [4.69, 9.17) is 0 Å². The molecule has 0 amide bonds. The van der Waals surface area contributed by atoms with Crippen LogP contribution in [0.3, 0.4) is 0 Å². The molecule has 92 valence electrons. The highest BCUT2D eigenvalue weighted by molar-refractivity contribution is 9.09. The zero-order chi connectivity index (χ0) is 12.3. The molecule has 2 atom stereocenters. The summed E-state index contributed by atoms with van der Waals surface area (Å²) in [5.74, 6) is -0.207. The first-order chi connectivity index (χ1) is 8.19. The Morgan fingerprint density at radius 3 is 3.00 bits per heavy atom. The molecular weight excluding hydrogens is 303 g/mol. The summed E-state index contributed by atoms with van der Waals surface area (Å²) in [6.45, 7) is 2.67. The van der Waals surface area contributed by atoms with Crippen LogP contribution in [0.1, 0.15) is 12.5 Å². The summed E-state index contributed by atoms with van der Waals surface area (Å²) in [5, 5.41) is 5.74. The van der Waals surface area contributed by atoms with E-state index in [-0.39, 0.29) is 5.82 Å². The van der Waals surface area contributed by atoms with Crippen LogP contribution in [-0.2, 0) is 6.54 Å². The summed E-state index contributed by atoms with van der Waals surface area (Å²) in [6, 6.07) is 6.99. The van der Waals surface area contributed by atoms with E-state index < -0.39 is 0 Å². The predicted molar refractivity (Wildman–Crippen MR) is 75.3 cm³/mol. The van der Waals surface area contributed by atoms with Crippen LogP contribution >= 0.6 is 27.7 Å². The van der Waals surface area contributed by atoms with Gasteiger partial charge in [-0.05, 0) is 24.6 Å². The zero-order valence-corrected chi connectivity index (χ0v) is 11.9. The number of thioether (sulfide) groups is 1. The van der Waals surface area contributed by atoms with Gasteiger partial charge in [0, 0.05) is 16.6 Å². The number of rotatable bonds is 3. The van der Waals surface area contributed by atoms with Gasteiger partial charge in [0.15, 0.2) is 5.17 Å². The first kappa shape index (κ1) is 12.9. The molecule has 17 heavy (non-hydrogen) atoms. The van der Waals surface area contributed by atoms with Crippen LogP contribution in [0, 0.1) is 5.82 Å². The fourth-order valence-corrected chi connectivity index (χ4v) is 3.59. The molecule has 2 rings (SSSR count). The van der Waals surface area contributed by atoms with Crippen LogP contribution in [0.2, 0.25) is 0 Å². The molecule has 1 N–H and O–H groups in total. The third kappa shape index (κ3) is 3.45. The van der Waals surface area contributed by atoms with Crippen molar-refractivity contribution >= 4 is 32.9 Å². The van der Waals surface area contributed by atoms with Gasteiger partial charge in [-0.3, -0.25) is 4.99 Å². The summed E-state index contributed by atoms with van der Waals surface area (Å²) >= 11 is 5.22. The normalized spacial score (nSPS) is 26.2. The molecule has 2 nitrogen and oxygen atoms in total. The predicted octanol–water partition coefficient (Wildman–Crippen LogP) is 3.17. The Morgan fingerprint density at radius 1 is 1.53 bits per heavy atom. The summed E-state index contributed by atoms with van der Waals surface area (Å²) in [7, 11) is 0. The van der Waals surface area contributed by atoms with Crippen molar-refractivity contribution in [2.45, 2.75) is 24.8 Å². The zero-order valence-electron chi connectivity index (χ0n) is 9.49. The molecule has 0 aromatic heterocycles. The molecule has 0 radical (unpaired) electrons. The Labute approximate surface area is 113 Å². The van der Waals surface area contributed by atoms with Crippen molar-refractivity contribution in [1.29, 1.82) is 0 Å². The van der Waals surface area contributed by atoms with Crippen LogP contribution in [0.4, 0.5) is 4.39 Å². The number of alkyl halides is 1. The van der Waals surface area contributed by atoms with Crippen LogP contribution in [-0.4, -0.2) is 21.8 Å². The Kier molecular flexibility index (Phi) is 4.45. The fourth-order valence-electron chi connectivity index (χ4n) is 1.61. The highest BCUT2D eigenvalue weighted by Gasteiger charge is 2.27. The van der Waals surface area contributed by atoms with Crippen molar-refractivity contribution in [2.24, 2.45) is 4.99 Å². The summed E-state index contributed by atoms with van der Waals surface area (Å²) < 4.78 is 13.0. The number of nitrogens with zero attached hydrogens (tertiary/aromatic N) is 1. The van der Waals surface area contributed by atoms with E-state index in [0.717, 1.165) is 16.1 Å². The molecule has 1 saturated heterocycles. The van der Waals surface area contributed by atoms with E-state index in [2.05, 4.69) is 33.2 Å². The van der Waals surface area contributed by atoms with Crippen LogP contribution in [0.5, 0.6) is 0 Å². The molecule has 1 aromatic carbocycles. The van der Waals surface area contributed by atoms with Crippen molar-refractivity contribution < 1.29 is 4.39 Å². The van der Waals surface area contributed by atoms with Crippen LogP contribution in [0.15, 0.2) is 29.3 Å². The third-order valence-corrected chi connectivity index (χ3v) is 5.09. The number of hydrogen-bond acceptors (Lipinski definition) is 2. The minimum Gasteiger partial charge on any atom is -0.361 e. The second-order valence-electron chi connectivity index (χ2n) is 3.99. The molecule has 1 aromatic rings. The number of nitrogens with one attached hydrogen (secondary N) is 1. The monoisotopic (exact) mass is 316 g/mol. The summed E-state index contributed by atoms with van der Waals surface area (Å²) in [6.07, 6.45) is 0. The number of aliphatic imine (C=N–C) groups is 1. The largest absolute Gasteiger partial charge is 0.361 e. The van der Waals surface area contributed by atoms with Gasteiger partial charge < -0.3 is 5.32 Å². The van der Waals surface area contributed by atoms with Crippen molar-refractivity contribution in [1.82, 2.24) is 5.32 Å². The molecular formula is C12H14BrFN2S. The van der Waals surface area contributed by atoms with E-state index in [1.165, 1.54) is 12.1 Å². The number of hydrogen-bond donors (Lipinski definition) is 1. The standard InChI is InChI=1S/C12H14BrFN2S/c1-8-11(6-13)17-12(16-8)15-7-9-3-2-4-10(14)5-9/h2-5,8,11H,6-7H2,1H3,(H,15,16). The fraction of sp³-hybridized carbons (Fsp3) is 0.417. The van der Waals surface area contributed by atoms with Crippen molar-refractivity contribution in [3.8, 4) is 0 Å². The van der Waals surface area contributed by atoms with E-state index >= 15 is 0 Å². The SMILES string of the molecule is CC1NC(=NCc2cccc(F)c2)SC1CBr. The number of halogens is 2. The molecule has 0 spiro atoms. The third-order valence-electron chi connectivity index (χ3n) is 2.62. The molecule has 1 heterocycles. The van der Waals surface area contributed by atoms with Crippen molar-refractivity contribution in [3.05, 3.63) is 35.6 Å². The van der Waals surface area contributed by atoms with E-state index in [1.807, 2.05) is 6.07 Å². The molecule has 1 aliphatic rings. The lowest BCUT2D eigenvalue weighted by Crippen LogP contribution is -2.28. The lowest BCUT2D eigenvalue weighted by Gasteiger charge is -2.07. The van der Waals surface area contributed by atoms with E-state index in [1.54, 1.807) is 17.8 Å². The molecule has 1 fully saturated rings. The van der Waals surface area contributed by atoms with Gasteiger partial charge in [0.25, 0.3) is 0 Å². The summed E-state index contributed by atoms with van der Waals surface area (Å²) in [5.41, 5.74) is 0.898. The Bertz CT molecular complexity index is 425. The highest BCUT2D eigenvalue weighted by Crippen LogP contribution is 2.25. The first-order valence-electron chi connectivity index (χ1n) is 5.47. The minimum atomic E-state index is -0.207. The second-order valence-corrected chi connectivity index (χ2v) is 5.87. The Morgan fingerprint density at radius 2 is 2.35 bits per heavy atom. The van der Waals surface area contributed by atoms with Crippen molar-refractivity contribution in [2.75, 3.05) is 5.33 Å². The maximum Gasteiger partial charge on any atom is 0.157 e. The smallest absolute Gasteiger partial charge is 0.157 e. The lowest BCUT2D eigenvalue weighted by molar-refractivity contribution is 0.625. The van der Waals surface area contributed by atoms with Gasteiger partial charge in [0.05, 0.1) is 6.54 Å². The van der Waals surface area contributed by atoms with E-state index in [0.29, 0.717) is 17.8 Å². The molecule has 5 heteroatoms. The average Bonchev–Trinajstić information content (AvgIpc) is 2.67. The molecule has 2 unspecified atom stereocenters. The Hall–Kier alpha value is -0.550. The van der Waals surface area contributed by atoms with Crippen LogP contribution in [0.25, 0.3) is 0 Å². The van der Waals surface area contributed by atoms with Gasteiger partial charge in [-0.2, -0.15) is 0 Å². The Balaban J connectivity index is 1.98. The minimum absolute atomic E-state index is 0.207. The molecule has 1 aliphatic heterocycles. The topological polar surface area (TPSA) is 24.4 Å². The molecule has 0 bridgehead atoms. The quantitative estimate of drug-likeness (QED) is 0.866.